The summed E-state index contributed by atoms with van der Waals surface area (Å²) in [5.74, 6) is 1.91. The van der Waals surface area contributed by atoms with E-state index in [9.17, 15) is 0 Å². The summed E-state index contributed by atoms with van der Waals surface area (Å²) in [6, 6.07) is 0.814. The smallest absolute Gasteiger partial charge is 0.00954 e. The van der Waals surface area contributed by atoms with Gasteiger partial charge in [0.1, 0.15) is 0 Å². The molecule has 0 radical (unpaired) electrons. The van der Waals surface area contributed by atoms with Gasteiger partial charge in [-0.3, -0.25) is 0 Å². The highest BCUT2D eigenvalue weighted by Gasteiger charge is 2.31. The van der Waals surface area contributed by atoms with Crippen LogP contribution in [-0.4, -0.2) is 12.6 Å². The Morgan fingerprint density at radius 3 is 2.21 bits per heavy atom. The number of unbranched alkanes of at least 4 members (excludes halogenated alkanes) is 6. The maximum Gasteiger partial charge on any atom is 0.00954 e. The Morgan fingerprint density at radius 2 is 1.53 bits per heavy atom. The molecule has 0 aromatic heterocycles. The van der Waals surface area contributed by atoms with Crippen molar-refractivity contribution in [1.82, 2.24) is 5.32 Å². The Morgan fingerprint density at radius 1 is 0.842 bits per heavy atom. The molecule has 19 heavy (non-hydrogen) atoms. The average Bonchev–Trinajstić information content (AvgIpc) is 2.76. The van der Waals surface area contributed by atoms with Crippen molar-refractivity contribution >= 4 is 0 Å². The van der Waals surface area contributed by atoms with E-state index in [2.05, 4.69) is 26.1 Å². The molecule has 1 fully saturated rings. The largest absolute Gasteiger partial charge is 0.314 e. The van der Waals surface area contributed by atoms with E-state index in [1.54, 1.807) is 0 Å². The van der Waals surface area contributed by atoms with Crippen LogP contribution in [0.2, 0.25) is 0 Å². The lowest BCUT2D eigenvalue weighted by atomic mass is 9.90. The van der Waals surface area contributed by atoms with Crippen LogP contribution >= 0.6 is 0 Å². The SMILES string of the molecule is CCCCCCCCCC1CCC(NCCC)C1C. The monoisotopic (exact) mass is 267 g/mol. The predicted molar refractivity (Wildman–Crippen MR) is 86.6 cm³/mol. The van der Waals surface area contributed by atoms with Gasteiger partial charge in [0.2, 0.25) is 0 Å². The molecule has 3 unspecified atom stereocenters. The molecule has 0 bridgehead atoms. The zero-order valence-electron chi connectivity index (χ0n) is 13.7. The molecule has 0 aromatic rings. The highest BCUT2D eigenvalue weighted by molar-refractivity contribution is 4.86. The summed E-state index contributed by atoms with van der Waals surface area (Å²) in [5.41, 5.74) is 0. The van der Waals surface area contributed by atoms with Crippen molar-refractivity contribution in [2.45, 2.75) is 97.4 Å². The van der Waals surface area contributed by atoms with Crippen LogP contribution in [0.5, 0.6) is 0 Å². The normalized spacial score (nSPS) is 27.0. The molecule has 0 aromatic carbocycles. The molecule has 1 aliphatic rings. The van der Waals surface area contributed by atoms with Crippen LogP contribution in [0.15, 0.2) is 0 Å². The minimum atomic E-state index is 0.814. The molecule has 1 saturated carbocycles. The van der Waals surface area contributed by atoms with Crippen LogP contribution in [0.25, 0.3) is 0 Å². The highest BCUT2D eigenvalue weighted by Crippen LogP contribution is 2.35. The minimum absolute atomic E-state index is 0.814. The Balaban J connectivity index is 2.01. The van der Waals surface area contributed by atoms with Gasteiger partial charge in [-0.05, 0) is 37.6 Å². The lowest BCUT2D eigenvalue weighted by Gasteiger charge is -2.21. The third kappa shape index (κ3) is 6.79. The zero-order chi connectivity index (χ0) is 13.9. The van der Waals surface area contributed by atoms with E-state index >= 15 is 0 Å². The van der Waals surface area contributed by atoms with Gasteiger partial charge in [-0.25, -0.2) is 0 Å². The van der Waals surface area contributed by atoms with Crippen molar-refractivity contribution < 1.29 is 0 Å². The highest BCUT2D eigenvalue weighted by atomic mass is 14.9. The number of rotatable bonds is 11. The van der Waals surface area contributed by atoms with Crippen molar-refractivity contribution in [3.8, 4) is 0 Å². The molecule has 0 spiro atoms. The molecule has 0 saturated heterocycles. The summed E-state index contributed by atoms with van der Waals surface area (Å²) in [6.07, 6.45) is 15.8. The lowest BCUT2D eigenvalue weighted by Crippen LogP contribution is -2.33. The minimum Gasteiger partial charge on any atom is -0.314 e. The van der Waals surface area contributed by atoms with E-state index in [0.717, 1.165) is 17.9 Å². The Labute approximate surface area is 121 Å². The van der Waals surface area contributed by atoms with Gasteiger partial charge < -0.3 is 5.32 Å². The average molecular weight is 268 g/mol. The first-order chi connectivity index (χ1) is 9.29. The molecule has 0 amide bonds. The van der Waals surface area contributed by atoms with E-state index in [1.807, 2.05) is 0 Å². The Kier molecular flexibility index (Phi) is 9.59. The first kappa shape index (κ1) is 17.0. The fourth-order valence-electron chi connectivity index (χ4n) is 3.64. The summed E-state index contributed by atoms with van der Waals surface area (Å²) in [5, 5.41) is 3.74. The molecule has 1 aliphatic carbocycles. The summed E-state index contributed by atoms with van der Waals surface area (Å²) in [6.45, 7) is 8.25. The van der Waals surface area contributed by atoms with E-state index < -0.39 is 0 Å². The standard InChI is InChI=1S/C18H37N/c1-4-6-7-8-9-10-11-12-17-13-14-18(16(17)3)19-15-5-2/h16-19H,4-15H2,1-3H3. The van der Waals surface area contributed by atoms with Gasteiger partial charge in [-0.2, -0.15) is 0 Å². The lowest BCUT2D eigenvalue weighted by molar-refractivity contribution is 0.328. The maximum absolute atomic E-state index is 3.74. The molecule has 3 atom stereocenters. The molecule has 1 rings (SSSR count). The molecule has 114 valence electrons. The Hall–Kier alpha value is -0.0400. The predicted octanol–water partition coefficient (Wildman–Crippen LogP) is 5.54. The van der Waals surface area contributed by atoms with Crippen LogP contribution in [-0.2, 0) is 0 Å². The first-order valence-corrected chi connectivity index (χ1v) is 9.03. The summed E-state index contributed by atoms with van der Waals surface area (Å²) in [7, 11) is 0. The molecule has 1 N–H and O–H groups in total. The summed E-state index contributed by atoms with van der Waals surface area (Å²) in [4.78, 5) is 0. The van der Waals surface area contributed by atoms with E-state index in [4.69, 9.17) is 0 Å². The number of nitrogens with one attached hydrogen (secondary N) is 1. The molecular formula is C18H37N. The first-order valence-electron chi connectivity index (χ1n) is 9.03. The third-order valence-electron chi connectivity index (χ3n) is 5.06. The van der Waals surface area contributed by atoms with Gasteiger partial charge in [-0.1, -0.05) is 72.1 Å². The fraction of sp³-hybridized carbons (Fsp3) is 1.00. The van der Waals surface area contributed by atoms with Gasteiger partial charge >= 0.3 is 0 Å². The van der Waals surface area contributed by atoms with Gasteiger partial charge in [-0.15, -0.1) is 0 Å². The van der Waals surface area contributed by atoms with Gasteiger partial charge in [0.25, 0.3) is 0 Å². The molecule has 0 heterocycles. The van der Waals surface area contributed by atoms with Crippen LogP contribution in [0, 0.1) is 11.8 Å². The molecular weight excluding hydrogens is 230 g/mol. The van der Waals surface area contributed by atoms with Crippen molar-refractivity contribution in [2.24, 2.45) is 11.8 Å². The van der Waals surface area contributed by atoms with Crippen LogP contribution in [0.3, 0.4) is 0 Å². The van der Waals surface area contributed by atoms with Crippen molar-refractivity contribution in [3.05, 3.63) is 0 Å². The molecule has 0 aliphatic heterocycles. The van der Waals surface area contributed by atoms with Crippen molar-refractivity contribution in [1.29, 1.82) is 0 Å². The van der Waals surface area contributed by atoms with Crippen molar-refractivity contribution in [2.75, 3.05) is 6.54 Å². The van der Waals surface area contributed by atoms with Gasteiger partial charge in [0.05, 0.1) is 0 Å². The van der Waals surface area contributed by atoms with Crippen LogP contribution in [0.1, 0.15) is 91.4 Å². The van der Waals surface area contributed by atoms with E-state index in [0.29, 0.717) is 0 Å². The van der Waals surface area contributed by atoms with E-state index in [1.165, 1.54) is 77.2 Å². The van der Waals surface area contributed by atoms with Crippen LogP contribution in [0.4, 0.5) is 0 Å². The second-order valence-electron chi connectivity index (χ2n) is 6.67. The van der Waals surface area contributed by atoms with Gasteiger partial charge in [0, 0.05) is 6.04 Å². The zero-order valence-corrected chi connectivity index (χ0v) is 13.7. The maximum atomic E-state index is 3.74. The second kappa shape index (κ2) is 10.7. The van der Waals surface area contributed by atoms with E-state index in [-0.39, 0.29) is 0 Å². The van der Waals surface area contributed by atoms with Crippen LogP contribution < -0.4 is 5.32 Å². The summed E-state index contributed by atoms with van der Waals surface area (Å²) >= 11 is 0. The third-order valence-corrected chi connectivity index (χ3v) is 5.06. The topological polar surface area (TPSA) is 12.0 Å². The Bertz CT molecular complexity index is 202. The molecule has 1 heteroatoms. The fourth-order valence-corrected chi connectivity index (χ4v) is 3.64. The molecule has 1 nitrogen and oxygen atoms in total. The quantitative estimate of drug-likeness (QED) is 0.485. The number of hydrogen-bond acceptors (Lipinski definition) is 1. The van der Waals surface area contributed by atoms with Crippen molar-refractivity contribution in [3.63, 3.8) is 0 Å². The second-order valence-corrected chi connectivity index (χ2v) is 6.67. The summed E-state index contributed by atoms with van der Waals surface area (Å²) < 4.78 is 0. The van der Waals surface area contributed by atoms with Gasteiger partial charge in [0.15, 0.2) is 0 Å². The number of hydrogen-bond donors (Lipinski definition) is 1.